The Balaban J connectivity index is 2.13. The van der Waals surface area contributed by atoms with E-state index in [2.05, 4.69) is 41.4 Å². The predicted molar refractivity (Wildman–Crippen MR) is 77.3 cm³/mol. The summed E-state index contributed by atoms with van der Waals surface area (Å²) in [5, 5.41) is 0. The molecule has 0 amide bonds. The van der Waals surface area contributed by atoms with Gasteiger partial charge in [-0.05, 0) is 48.6 Å². The van der Waals surface area contributed by atoms with Crippen LogP contribution in [0.3, 0.4) is 0 Å². The normalized spacial score (nSPS) is 10.8. The van der Waals surface area contributed by atoms with E-state index in [0.717, 1.165) is 23.0 Å². The molecule has 0 spiro atoms. The van der Waals surface area contributed by atoms with Crippen LogP contribution in [0.15, 0.2) is 27.4 Å². The molecule has 0 fully saturated rings. The van der Waals surface area contributed by atoms with Gasteiger partial charge in [-0.25, -0.2) is 4.98 Å². The summed E-state index contributed by atoms with van der Waals surface area (Å²) in [6.45, 7) is 4.90. The summed E-state index contributed by atoms with van der Waals surface area (Å²) in [6.07, 6.45) is 1.83. The first-order valence-corrected chi connectivity index (χ1v) is 7.62. The van der Waals surface area contributed by atoms with Gasteiger partial charge in [-0.3, -0.25) is 0 Å². The molecule has 0 bridgehead atoms. The van der Waals surface area contributed by atoms with E-state index >= 15 is 0 Å². The Labute approximate surface area is 116 Å². The molecule has 0 atom stereocenters. The van der Waals surface area contributed by atoms with E-state index in [1.807, 2.05) is 0 Å². The van der Waals surface area contributed by atoms with Crippen LogP contribution in [0, 0.1) is 6.92 Å². The van der Waals surface area contributed by atoms with E-state index in [0.29, 0.717) is 6.54 Å². The van der Waals surface area contributed by atoms with Gasteiger partial charge in [0.05, 0.1) is 0 Å². The van der Waals surface area contributed by atoms with Gasteiger partial charge in [0, 0.05) is 11.3 Å². The molecule has 5 heteroatoms. The molecule has 96 valence electrons. The third-order valence-electron chi connectivity index (χ3n) is 2.64. The average Bonchev–Trinajstić information content (AvgIpc) is 2.81. The van der Waals surface area contributed by atoms with E-state index < -0.39 is 0 Å². The molecular formula is C13H17N3S2. The molecule has 2 N–H and O–H groups in total. The third kappa shape index (κ3) is 3.31. The minimum Gasteiger partial charge on any atom is -0.330 e. The molecule has 1 aromatic carbocycles. The first-order valence-electron chi connectivity index (χ1n) is 6.03. The Morgan fingerprint density at radius 1 is 1.39 bits per heavy atom. The lowest BCUT2D eigenvalue weighted by molar-refractivity contribution is 0.961. The van der Waals surface area contributed by atoms with Gasteiger partial charge < -0.3 is 5.73 Å². The van der Waals surface area contributed by atoms with Gasteiger partial charge in [-0.2, -0.15) is 4.37 Å². The van der Waals surface area contributed by atoms with Gasteiger partial charge in [-0.15, -0.1) is 0 Å². The monoisotopic (exact) mass is 279 g/mol. The number of nitrogens with zero attached hydrogens (tertiary/aromatic N) is 2. The van der Waals surface area contributed by atoms with Crippen LogP contribution >= 0.6 is 23.3 Å². The Bertz CT molecular complexity index is 523. The molecule has 0 unspecified atom stereocenters. The van der Waals surface area contributed by atoms with Gasteiger partial charge in [0.1, 0.15) is 5.82 Å². The number of aryl methyl sites for hydroxylation is 2. The van der Waals surface area contributed by atoms with Gasteiger partial charge in [-0.1, -0.05) is 30.8 Å². The van der Waals surface area contributed by atoms with E-state index in [1.54, 1.807) is 11.8 Å². The second-order valence-electron chi connectivity index (χ2n) is 4.07. The molecule has 0 radical (unpaired) electrons. The zero-order valence-corrected chi connectivity index (χ0v) is 12.3. The minimum absolute atomic E-state index is 0.697. The molecular weight excluding hydrogens is 262 g/mol. The molecule has 0 saturated carbocycles. The number of nitrogens with two attached hydrogens (primary N) is 1. The van der Waals surface area contributed by atoms with Crippen LogP contribution in [0.25, 0.3) is 0 Å². The van der Waals surface area contributed by atoms with Crippen LogP contribution in [0.4, 0.5) is 0 Å². The first-order chi connectivity index (χ1) is 8.72. The second kappa shape index (κ2) is 6.31. The average molecular weight is 279 g/mol. The third-order valence-corrected chi connectivity index (χ3v) is 4.60. The Hall–Kier alpha value is -0.910. The number of benzene rings is 1. The van der Waals surface area contributed by atoms with Crippen LogP contribution in [0.1, 0.15) is 23.9 Å². The standard InChI is InChI=1S/C13H17N3S2/c1-3-12-15-13(18-16-12)17-11-5-4-10(6-7-14)8-9(11)2/h4-5,8H,3,6-7,14H2,1-2H3. The fourth-order valence-corrected chi connectivity index (χ4v) is 3.39. The molecule has 2 aromatic rings. The van der Waals surface area contributed by atoms with Crippen LogP contribution in [-0.2, 0) is 12.8 Å². The quantitative estimate of drug-likeness (QED) is 0.914. The fourth-order valence-electron chi connectivity index (χ4n) is 1.67. The Morgan fingerprint density at radius 2 is 2.22 bits per heavy atom. The largest absolute Gasteiger partial charge is 0.330 e. The van der Waals surface area contributed by atoms with Gasteiger partial charge in [0.2, 0.25) is 0 Å². The molecule has 0 saturated heterocycles. The van der Waals surface area contributed by atoms with Crippen molar-refractivity contribution in [3.63, 3.8) is 0 Å². The zero-order chi connectivity index (χ0) is 13.0. The van der Waals surface area contributed by atoms with Crippen LogP contribution in [-0.4, -0.2) is 15.9 Å². The van der Waals surface area contributed by atoms with Gasteiger partial charge >= 0.3 is 0 Å². The molecule has 3 nitrogen and oxygen atoms in total. The molecule has 18 heavy (non-hydrogen) atoms. The number of rotatable bonds is 5. The Kier molecular flexibility index (Phi) is 4.74. The lowest BCUT2D eigenvalue weighted by Gasteiger charge is -2.05. The highest BCUT2D eigenvalue weighted by Gasteiger charge is 2.07. The highest BCUT2D eigenvalue weighted by Crippen LogP contribution is 2.31. The lowest BCUT2D eigenvalue weighted by atomic mass is 10.1. The van der Waals surface area contributed by atoms with E-state index in [4.69, 9.17) is 5.73 Å². The van der Waals surface area contributed by atoms with Crippen molar-refractivity contribution >= 4 is 23.3 Å². The lowest BCUT2D eigenvalue weighted by Crippen LogP contribution is -2.02. The van der Waals surface area contributed by atoms with Crippen molar-refractivity contribution in [3.8, 4) is 0 Å². The summed E-state index contributed by atoms with van der Waals surface area (Å²) in [6, 6.07) is 6.50. The molecule has 1 aromatic heterocycles. The van der Waals surface area contributed by atoms with E-state index in [1.165, 1.54) is 27.6 Å². The summed E-state index contributed by atoms with van der Waals surface area (Å²) < 4.78 is 5.32. The summed E-state index contributed by atoms with van der Waals surface area (Å²) in [5.74, 6) is 0.930. The summed E-state index contributed by atoms with van der Waals surface area (Å²) in [7, 11) is 0. The number of aromatic nitrogens is 2. The smallest absolute Gasteiger partial charge is 0.174 e. The SMILES string of the molecule is CCc1nsc(Sc2ccc(CCN)cc2C)n1. The minimum atomic E-state index is 0.697. The molecule has 0 aliphatic carbocycles. The highest BCUT2D eigenvalue weighted by molar-refractivity contribution is 8.01. The summed E-state index contributed by atoms with van der Waals surface area (Å²) in [5.41, 5.74) is 8.14. The highest BCUT2D eigenvalue weighted by atomic mass is 32.2. The van der Waals surface area contributed by atoms with E-state index in [-0.39, 0.29) is 0 Å². The van der Waals surface area contributed by atoms with Crippen molar-refractivity contribution in [2.45, 2.75) is 35.9 Å². The van der Waals surface area contributed by atoms with Crippen molar-refractivity contribution in [1.82, 2.24) is 9.36 Å². The van der Waals surface area contributed by atoms with Crippen LogP contribution in [0.5, 0.6) is 0 Å². The van der Waals surface area contributed by atoms with Crippen LogP contribution < -0.4 is 5.73 Å². The molecule has 0 aliphatic heterocycles. The van der Waals surface area contributed by atoms with Crippen molar-refractivity contribution in [3.05, 3.63) is 35.2 Å². The van der Waals surface area contributed by atoms with E-state index in [9.17, 15) is 0 Å². The zero-order valence-electron chi connectivity index (χ0n) is 10.6. The van der Waals surface area contributed by atoms with Crippen molar-refractivity contribution in [2.24, 2.45) is 5.73 Å². The molecule has 2 rings (SSSR count). The number of hydrogen-bond donors (Lipinski definition) is 1. The molecule has 1 heterocycles. The maximum Gasteiger partial charge on any atom is 0.174 e. The van der Waals surface area contributed by atoms with Gasteiger partial charge in [0.25, 0.3) is 0 Å². The van der Waals surface area contributed by atoms with Crippen molar-refractivity contribution in [1.29, 1.82) is 0 Å². The summed E-state index contributed by atoms with van der Waals surface area (Å²) >= 11 is 3.16. The van der Waals surface area contributed by atoms with Crippen molar-refractivity contribution in [2.75, 3.05) is 6.54 Å². The maximum atomic E-state index is 5.57. The van der Waals surface area contributed by atoms with Crippen molar-refractivity contribution < 1.29 is 0 Å². The second-order valence-corrected chi connectivity index (χ2v) is 6.11. The fraction of sp³-hybridized carbons (Fsp3) is 0.385. The van der Waals surface area contributed by atoms with Gasteiger partial charge in [0.15, 0.2) is 4.34 Å². The topological polar surface area (TPSA) is 51.8 Å². The Morgan fingerprint density at radius 3 is 2.83 bits per heavy atom. The van der Waals surface area contributed by atoms with Crippen LogP contribution in [0.2, 0.25) is 0 Å². The molecule has 0 aliphatic rings. The summed E-state index contributed by atoms with van der Waals surface area (Å²) in [4.78, 5) is 5.72. The maximum absolute atomic E-state index is 5.57. The number of hydrogen-bond acceptors (Lipinski definition) is 5. The first kappa shape index (κ1) is 13.5. The predicted octanol–water partition coefficient (Wildman–Crippen LogP) is 3.06.